The number of nitrogens with two attached hydrogens (primary N) is 1. The minimum atomic E-state index is -0.261. The normalized spacial score (nSPS) is 12.1. The molecule has 2 rings (SSSR count). The second-order valence-corrected chi connectivity index (χ2v) is 3.71. The van der Waals surface area contributed by atoms with E-state index in [9.17, 15) is 4.39 Å². The Labute approximate surface area is 98.7 Å². The van der Waals surface area contributed by atoms with Crippen LogP contribution in [0.15, 0.2) is 36.7 Å². The number of hydrogen-bond donors (Lipinski definition) is 2. The zero-order chi connectivity index (χ0) is 12.3. The third-order valence-electron chi connectivity index (χ3n) is 2.43. The fourth-order valence-electron chi connectivity index (χ4n) is 1.52. The largest absolute Gasteiger partial charge is 0.381 e. The van der Waals surface area contributed by atoms with Crippen LogP contribution in [0.4, 0.5) is 16.0 Å². The van der Waals surface area contributed by atoms with E-state index < -0.39 is 0 Å². The first-order valence-electron chi connectivity index (χ1n) is 5.25. The van der Waals surface area contributed by atoms with Gasteiger partial charge in [0.2, 0.25) is 0 Å². The highest BCUT2D eigenvalue weighted by Crippen LogP contribution is 2.20. The molecule has 1 heterocycles. The Kier molecular flexibility index (Phi) is 3.18. The van der Waals surface area contributed by atoms with Gasteiger partial charge in [0, 0.05) is 12.4 Å². The van der Waals surface area contributed by atoms with E-state index in [4.69, 9.17) is 5.73 Å². The molecule has 0 radical (unpaired) electrons. The van der Waals surface area contributed by atoms with Crippen LogP contribution in [-0.4, -0.2) is 9.97 Å². The average molecular weight is 232 g/mol. The molecule has 0 aliphatic heterocycles. The van der Waals surface area contributed by atoms with Gasteiger partial charge in [0.05, 0.1) is 6.04 Å². The van der Waals surface area contributed by atoms with Crippen molar-refractivity contribution in [2.45, 2.75) is 13.0 Å². The molecule has 88 valence electrons. The summed E-state index contributed by atoms with van der Waals surface area (Å²) in [5, 5.41) is 3.09. The van der Waals surface area contributed by atoms with Crippen LogP contribution in [0.1, 0.15) is 18.5 Å². The molecule has 4 nitrogen and oxygen atoms in total. The first-order valence-corrected chi connectivity index (χ1v) is 5.25. The van der Waals surface area contributed by atoms with Gasteiger partial charge in [-0.1, -0.05) is 12.1 Å². The van der Waals surface area contributed by atoms with Gasteiger partial charge in [-0.05, 0) is 24.6 Å². The lowest BCUT2D eigenvalue weighted by molar-refractivity contribution is 0.623. The number of hydrogen-bond acceptors (Lipinski definition) is 4. The van der Waals surface area contributed by atoms with Gasteiger partial charge in [-0.15, -0.1) is 0 Å². The van der Waals surface area contributed by atoms with Crippen LogP contribution < -0.4 is 11.1 Å². The highest BCUT2D eigenvalue weighted by atomic mass is 19.1. The summed E-state index contributed by atoms with van der Waals surface area (Å²) < 4.78 is 13.1. The minimum Gasteiger partial charge on any atom is -0.381 e. The van der Waals surface area contributed by atoms with Gasteiger partial charge in [0.15, 0.2) is 11.6 Å². The molecule has 3 N–H and O–H groups in total. The summed E-state index contributed by atoms with van der Waals surface area (Å²) in [6, 6.07) is 6.30. The van der Waals surface area contributed by atoms with Crippen LogP contribution in [0, 0.1) is 5.82 Å². The van der Waals surface area contributed by atoms with E-state index in [0.717, 1.165) is 5.56 Å². The molecule has 0 spiro atoms. The summed E-state index contributed by atoms with van der Waals surface area (Å²) in [7, 11) is 0. The van der Waals surface area contributed by atoms with Gasteiger partial charge >= 0.3 is 0 Å². The molecule has 0 aliphatic carbocycles. The van der Waals surface area contributed by atoms with Crippen molar-refractivity contribution in [3.63, 3.8) is 0 Å². The number of nitrogens with one attached hydrogen (secondary N) is 1. The number of anilines is 2. The average Bonchev–Trinajstić information content (AvgIpc) is 2.32. The lowest BCUT2D eigenvalue weighted by Gasteiger charge is -2.15. The van der Waals surface area contributed by atoms with Crippen LogP contribution in [0.25, 0.3) is 0 Å². The van der Waals surface area contributed by atoms with E-state index in [-0.39, 0.29) is 11.9 Å². The summed E-state index contributed by atoms with van der Waals surface area (Å²) in [5.74, 6) is 0.572. The topological polar surface area (TPSA) is 63.8 Å². The van der Waals surface area contributed by atoms with Crippen LogP contribution >= 0.6 is 0 Å². The van der Waals surface area contributed by atoms with E-state index in [2.05, 4.69) is 15.3 Å². The number of aromatic nitrogens is 2. The molecule has 0 bridgehead atoms. The van der Waals surface area contributed by atoms with Crippen LogP contribution in [-0.2, 0) is 0 Å². The van der Waals surface area contributed by atoms with Crippen molar-refractivity contribution in [1.82, 2.24) is 9.97 Å². The predicted molar refractivity (Wildman–Crippen MR) is 64.9 cm³/mol. The minimum absolute atomic E-state index is 0.0929. The van der Waals surface area contributed by atoms with Crippen LogP contribution in [0.5, 0.6) is 0 Å². The summed E-state index contributed by atoms with van der Waals surface area (Å²) in [6.45, 7) is 1.91. The Balaban J connectivity index is 2.17. The monoisotopic (exact) mass is 232 g/mol. The zero-order valence-electron chi connectivity index (χ0n) is 9.39. The maximum absolute atomic E-state index is 13.1. The Bertz CT molecular complexity index is 515. The van der Waals surface area contributed by atoms with Crippen LogP contribution in [0.2, 0.25) is 0 Å². The fourth-order valence-corrected chi connectivity index (χ4v) is 1.52. The number of nitrogens with zero attached hydrogens (tertiary/aromatic N) is 2. The van der Waals surface area contributed by atoms with Crippen molar-refractivity contribution in [3.8, 4) is 0 Å². The van der Waals surface area contributed by atoms with Crippen molar-refractivity contribution in [1.29, 1.82) is 0 Å². The summed E-state index contributed by atoms with van der Waals surface area (Å²) in [5.41, 5.74) is 6.50. The quantitative estimate of drug-likeness (QED) is 0.852. The van der Waals surface area contributed by atoms with Gasteiger partial charge in [0.25, 0.3) is 0 Å². The summed E-state index contributed by atoms with van der Waals surface area (Å²) >= 11 is 0. The number of benzene rings is 1. The molecule has 1 aromatic carbocycles. The number of halogens is 1. The molecule has 0 saturated heterocycles. The van der Waals surface area contributed by atoms with E-state index >= 15 is 0 Å². The molecule has 1 aromatic heterocycles. The van der Waals surface area contributed by atoms with E-state index in [1.807, 2.05) is 13.0 Å². The Morgan fingerprint density at radius 1 is 1.29 bits per heavy atom. The van der Waals surface area contributed by atoms with Crippen molar-refractivity contribution in [3.05, 3.63) is 48.0 Å². The molecule has 2 aromatic rings. The highest BCUT2D eigenvalue weighted by molar-refractivity contribution is 5.56. The second-order valence-electron chi connectivity index (χ2n) is 3.71. The van der Waals surface area contributed by atoms with Crippen molar-refractivity contribution in [2.75, 3.05) is 11.1 Å². The molecule has 0 fully saturated rings. The third kappa shape index (κ3) is 2.69. The first-order chi connectivity index (χ1) is 8.16. The van der Waals surface area contributed by atoms with Crippen molar-refractivity contribution in [2.24, 2.45) is 0 Å². The Hall–Kier alpha value is -2.17. The molecular formula is C12H13FN4. The molecule has 1 unspecified atom stereocenters. The van der Waals surface area contributed by atoms with Crippen molar-refractivity contribution < 1.29 is 4.39 Å². The zero-order valence-corrected chi connectivity index (χ0v) is 9.39. The van der Waals surface area contributed by atoms with E-state index in [1.165, 1.54) is 18.3 Å². The maximum atomic E-state index is 13.1. The van der Waals surface area contributed by atoms with E-state index in [1.54, 1.807) is 12.3 Å². The Morgan fingerprint density at radius 3 is 2.76 bits per heavy atom. The molecule has 0 amide bonds. The number of rotatable bonds is 3. The number of nitrogen functional groups attached to an aromatic ring is 1. The van der Waals surface area contributed by atoms with Gasteiger partial charge < -0.3 is 11.1 Å². The molecule has 5 heteroatoms. The lowest BCUT2D eigenvalue weighted by atomic mass is 10.1. The first kappa shape index (κ1) is 11.3. The standard InChI is InChI=1S/C12H13FN4/c1-8(9-3-2-4-10(13)7-9)17-12-11(14)15-5-6-16-12/h2-8H,1H3,(H2,14,15)(H,16,17). The van der Waals surface area contributed by atoms with Gasteiger partial charge in [-0.25, -0.2) is 14.4 Å². The molecule has 0 saturated carbocycles. The Morgan fingerprint density at radius 2 is 2.06 bits per heavy atom. The van der Waals surface area contributed by atoms with Gasteiger partial charge in [-0.2, -0.15) is 0 Å². The van der Waals surface area contributed by atoms with Gasteiger partial charge in [-0.3, -0.25) is 0 Å². The molecule has 0 aliphatic rings. The third-order valence-corrected chi connectivity index (χ3v) is 2.43. The lowest BCUT2D eigenvalue weighted by Crippen LogP contribution is -2.10. The summed E-state index contributed by atoms with van der Waals surface area (Å²) in [6.07, 6.45) is 3.07. The highest BCUT2D eigenvalue weighted by Gasteiger charge is 2.08. The fraction of sp³-hybridized carbons (Fsp3) is 0.167. The molecule has 17 heavy (non-hydrogen) atoms. The SMILES string of the molecule is CC(Nc1nccnc1N)c1cccc(F)c1. The predicted octanol–water partition coefficient (Wildman–Crippen LogP) is 2.37. The molecule has 1 atom stereocenters. The van der Waals surface area contributed by atoms with E-state index in [0.29, 0.717) is 11.6 Å². The van der Waals surface area contributed by atoms with Gasteiger partial charge in [0.1, 0.15) is 5.82 Å². The smallest absolute Gasteiger partial charge is 0.169 e. The second kappa shape index (κ2) is 4.78. The molecular weight excluding hydrogens is 219 g/mol. The summed E-state index contributed by atoms with van der Waals surface area (Å²) in [4.78, 5) is 8.00. The maximum Gasteiger partial charge on any atom is 0.169 e. The van der Waals surface area contributed by atoms with Crippen molar-refractivity contribution >= 4 is 11.6 Å². The van der Waals surface area contributed by atoms with Crippen LogP contribution in [0.3, 0.4) is 0 Å².